The number of nitriles is 1. The number of aromatic nitrogens is 2. The molecule has 0 aliphatic heterocycles. The number of pyridine rings is 1. The summed E-state index contributed by atoms with van der Waals surface area (Å²) < 4.78 is 5.86. The average molecular weight is 313 g/mol. The second-order valence-electron chi connectivity index (χ2n) is 5.04. The van der Waals surface area contributed by atoms with Crippen LogP contribution >= 0.6 is 0 Å². The minimum atomic E-state index is -0.529. The molecule has 2 aromatic heterocycles. The molecule has 0 fully saturated rings. The molecular weight excluding hydrogens is 298 g/mol. The Balaban J connectivity index is 2.38. The monoisotopic (exact) mass is 313 g/mol. The van der Waals surface area contributed by atoms with E-state index >= 15 is 0 Å². The van der Waals surface area contributed by atoms with E-state index in [0.717, 1.165) is 4.57 Å². The molecule has 1 N–H and O–H groups in total. The van der Waals surface area contributed by atoms with E-state index in [2.05, 4.69) is 4.98 Å². The number of esters is 1. The van der Waals surface area contributed by atoms with Crippen molar-refractivity contribution in [2.75, 3.05) is 7.11 Å². The van der Waals surface area contributed by atoms with Crippen molar-refractivity contribution in [2.45, 2.75) is 20.4 Å². The van der Waals surface area contributed by atoms with Crippen LogP contribution in [0, 0.1) is 25.2 Å². The van der Waals surface area contributed by atoms with Crippen molar-refractivity contribution in [3.8, 4) is 6.07 Å². The Labute approximate surface area is 132 Å². The normalized spacial score (nSPS) is 10.2. The van der Waals surface area contributed by atoms with E-state index in [1.807, 2.05) is 6.07 Å². The van der Waals surface area contributed by atoms with Gasteiger partial charge in [-0.1, -0.05) is 0 Å². The Morgan fingerprint density at radius 2 is 2.04 bits per heavy atom. The van der Waals surface area contributed by atoms with Crippen molar-refractivity contribution < 1.29 is 14.3 Å². The number of aromatic amines is 1. The van der Waals surface area contributed by atoms with Gasteiger partial charge in [0.1, 0.15) is 6.07 Å². The van der Waals surface area contributed by atoms with Gasteiger partial charge in [-0.25, -0.2) is 4.79 Å². The highest BCUT2D eigenvalue weighted by atomic mass is 16.5. The van der Waals surface area contributed by atoms with E-state index in [1.165, 1.54) is 25.4 Å². The molecule has 2 aromatic rings. The average Bonchev–Trinajstić information content (AvgIpc) is 2.83. The number of rotatable bonds is 4. The van der Waals surface area contributed by atoms with Crippen molar-refractivity contribution >= 4 is 11.8 Å². The Morgan fingerprint density at radius 3 is 2.65 bits per heavy atom. The zero-order valence-corrected chi connectivity index (χ0v) is 13.0. The second-order valence-corrected chi connectivity index (χ2v) is 5.04. The molecule has 0 unspecified atom stereocenters. The van der Waals surface area contributed by atoms with E-state index in [4.69, 9.17) is 10.00 Å². The van der Waals surface area contributed by atoms with Crippen LogP contribution in [-0.2, 0) is 11.3 Å². The Morgan fingerprint density at radius 1 is 1.35 bits per heavy atom. The van der Waals surface area contributed by atoms with Crippen molar-refractivity contribution in [3.05, 3.63) is 56.8 Å². The number of carbonyl (C=O) groups is 2. The van der Waals surface area contributed by atoms with Gasteiger partial charge in [0.15, 0.2) is 5.78 Å². The maximum Gasteiger partial charge on any atom is 0.339 e. The number of H-pyrrole nitrogens is 1. The number of aryl methyl sites for hydroxylation is 1. The molecule has 7 heteroatoms. The van der Waals surface area contributed by atoms with Gasteiger partial charge in [-0.15, -0.1) is 0 Å². The van der Waals surface area contributed by atoms with Gasteiger partial charge >= 0.3 is 5.97 Å². The lowest BCUT2D eigenvalue weighted by atomic mass is 10.1. The molecule has 0 aliphatic rings. The number of nitrogens with zero attached hydrogens (tertiary/aromatic N) is 2. The van der Waals surface area contributed by atoms with Gasteiger partial charge in [-0.05, 0) is 25.5 Å². The predicted molar refractivity (Wildman–Crippen MR) is 81.4 cm³/mol. The molecule has 0 aromatic carbocycles. The van der Waals surface area contributed by atoms with Crippen LogP contribution in [0.5, 0.6) is 0 Å². The van der Waals surface area contributed by atoms with Crippen molar-refractivity contribution in [1.29, 1.82) is 5.26 Å². The molecule has 118 valence electrons. The lowest BCUT2D eigenvalue weighted by molar-refractivity contribution is 0.0599. The maximum absolute atomic E-state index is 12.4. The fourth-order valence-electron chi connectivity index (χ4n) is 2.39. The number of hydrogen-bond acceptors (Lipinski definition) is 5. The highest BCUT2D eigenvalue weighted by molar-refractivity contribution is 6.01. The Hall–Kier alpha value is -3.14. The minimum Gasteiger partial charge on any atom is -0.465 e. The number of hydrogen-bond donors (Lipinski definition) is 1. The van der Waals surface area contributed by atoms with Gasteiger partial charge in [0, 0.05) is 18.0 Å². The van der Waals surface area contributed by atoms with E-state index < -0.39 is 5.97 Å². The zero-order chi connectivity index (χ0) is 17.1. The van der Waals surface area contributed by atoms with Gasteiger partial charge in [0.2, 0.25) is 0 Å². The Kier molecular flexibility index (Phi) is 4.46. The first kappa shape index (κ1) is 16.2. The number of methoxy groups -OCH3 is 1. The largest absolute Gasteiger partial charge is 0.465 e. The summed E-state index contributed by atoms with van der Waals surface area (Å²) in [4.78, 5) is 38.8. The number of ether oxygens (including phenoxy) is 1. The summed E-state index contributed by atoms with van der Waals surface area (Å²) in [5, 5.41) is 8.87. The lowest BCUT2D eigenvalue weighted by Crippen LogP contribution is -2.24. The molecule has 0 atom stereocenters. The molecule has 7 nitrogen and oxygen atoms in total. The van der Waals surface area contributed by atoms with Crippen LogP contribution in [-0.4, -0.2) is 28.4 Å². The number of nitrogens with one attached hydrogen (secondary N) is 1. The first-order chi connectivity index (χ1) is 10.9. The van der Waals surface area contributed by atoms with Crippen LogP contribution in [0.25, 0.3) is 0 Å². The molecule has 0 amide bonds. The third-order valence-electron chi connectivity index (χ3n) is 3.53. The molecular formula is C16H15N3O4. The fraction of sp³-hybridized carbons (Fsp3) is 0.250. The second kappa shape index (κ2) is 6.32. The summed E-state index contributed by atoms with van der Waals surface area (Å²) in [5.74, 6) is -0.892. The highest BCUT2D eigenvalue weighted by Crippen LogP contribution is 2.19. The van der Waals surface area contributed by atoms with Crippen molar-refractivity contribution in [1.82, 2.24) is 9.55 Å². The van der Waals surface area contributed by atoms with Gasteiger partial charge in [0.05, 0.1) is 30.5 Å². The molecule has 0 saturated carbocycles. The summed E-state index contributed by atoms with van der Waals surface area (Å²) in [6.07, 6.45) is 1.33. The molecule has 0 aliphatic carbocycles. The van der Waals surface area contributed by atoms with Crippen LogP contribution in [0.15, 0.2) is 23.1 Å². The molecule has 0 bridgehead atoms. The third kappa shape index (κ3) is 3.06. The van der Waals surface area contributed by atoms with E-state index in [0.29, 0.717) is 16.8 Å². The number of Topliss-reactive ketones (excluding diaryl/α,β-unsaturated/α-hetero) is 1. The number of carbonyl (C=O) groups excluding carboxylic acids is 2. The van der Waals surface area contributed by atoms with Gasteiger partial charge < -0.3 is 14.3 Å². The summed E-state index contributed by atoms with van der Waals surface area (Å²) in [5.41, 5.74) is 1.46. The Bertz CT molecular complexity index is 884. The van der Waals surface area contributed by atoms with Crippen LogP contribution in [0.1, 0.15) is 37.7 Å². The topological polar surface area (TPSA) is 105 Å². The number of ketones is 1. The standard InChI is InChI=1S/C16H15N3O4/c1-9-14(16(22)23-3)10(2)18-15(9)12(20)8-19-7-11(6-17)4-5-13(19)21/h4-5,7,18H,8H2,1-3H3. The summed E-state index contributed by atoms with van der Waals surface area (Å²) in [7, 11) is 1.27. The lowest BCUT2D eigenvalue weighted by Gasteiger charge is -2.05. The molecule has 23 heavy (non-hydrogen) atoms. The van der Waals surface area contributed by atoms with Gasteiger partial charge in [0.25, 0.3) is 5.56 Å². The third-order valence-corrected chi connectivity index (χ3v) is 3.53. The summed E-state index contributed by atoms with van der Waals surface area (Å²) >= 11 is 0. The zero-order valence-electron chi connectivity index (χ0n) is 13.0. The first-order valence-electron chi connectivity index (χ1n) is 6.80. The highest BCUT2D eigenvalue weighted by Gasteiger charge is 2.22. The van der Waals surface area contributed by atoms with Crippen molar-refractivity contribution in [3.63, 3.8) is 0 Å². The summed E-state index contributed by atoms with van der Waals surface area (Å²) in [6.45, 7) is 3.08. The van der Waals surface area contributed by atoms with Gasteiger partial charge in [-0.2, -0.15) is 5.26 Å². The molecule has 0 saturated heterocycles. The smallest absolute Gasteiger partial charge is 0.339 e. The van der Waals surface area contributed by atoms with Crippen molar-refractivity contribution in [2.24, 2.45) is 0 Å². The maximum atomic E-state index is 12.4. The quantitative estimate of drug-likeness (QED) is 0.677. The predicted octanol–water partition coefficient (Wildman–Crippen LogP) is 1.33. The van der Waals surface area contributed by atoms with E-state index in [-0.39, 0.29) is 29.1 Å². The van der Waals surface area contributed by atoms with Crippen LogP contribution in [0.2, 0.25) is 0 Å². The molecule has 2 rings (SSSR count). The van der Waals surface area contributed by atoms with Gasteiger partial charge in [-0.3, -0.25) is 9.59 Å². The van der Waals surface area contributed by atoms with Crippen LogP contribution in [0.3, 0.4) is 0 Å². The summed E-state index contributed by atoms with van der Waals surface area (Å²) in [6, 6.07) is 4.54. The van der Waals surface area contributed by atoms with E-state index in [9.17, 15) is 14.4 Å². The first-order valence-corrected chi connectivity index (χ1v) is 6.80. The molecule has 2 heterocycles. The molecule has 0 spiro atoms. The van der Waals surface area contributed by atoms with E-state index in [1.54, 1.807) is 13.8 Å². The molecule has 0 radical (unpaired) electrons. The fourth-order valence-corrected chi connectivity index (χ4v) is 2.39. The van der Waals surface area contributed by atoms with Crippen LogP contribution < -0.4 is 5.56 Å². The van der Waals surface area contributed by atoms with Crippen LogP contribution in [0.4, 0.5) is 0 Å². The minimum absolute atomic E-state index is 0.226. The SMILES string of the molecule is COC(=O)c1c(C)[nH]c(C(=O)Cn2cc(C#N)ccc2=O)c1C.